The molecule has 3 heterocycles. The lowest BCUT2D eigenvalue weighted by Crippen LogP contribution is -2.23. The number of rotatable bonds is 5. The lowest BCUT2D eigenvalue weighted by molar-refractivity contribution is 0.0952. The van der Waals surface area contributed by atoms with Crippen molar-refractivity contribution in [2.75, 3.05) is 0 Å². The Hall–Kier alpha value is -3.54. The topological polar surface area (TPSA) is 72.2 Å². The molecule has 0 radical (unpaired) electrons. The average molecular weight is 371 g/mol. The molecule has 0 spiro atoms. The molecule has 140 valence electrons. The van der Waals surface area contributed by atoms with Crippen molar-refractivity contribution in [1.29, 1.82) is 0 Å². The molecule has 0 aliphatic heterocycles. The fraction of sp³-hybridized carbons (Fsp3) is 0.182. The van der Waals surface area contributed by atoms with Gasteiger partial charge in [0.05, 0.1) is 18.4 Å². The number of fused-ring (bicyclic) bond motifs is 1. The number of aryl methyl sites for hydroxylation is 2. The second kappa shape index (κ2) is 7.60. The summed E-state index contributed by atoms with van der Waals surface area (Å²) in [5.74, 6) is -0.206. The van der Waals surface area contributed by atoms with Gasteiger partial charge in [0.2, 0.25) is 0 Å². The van der Waals surface area contributed by atoms with E-state index >= 15 is 0 Å². The Kier molecular flexibility index (Phi) is 4.85. The molecule has 0 fully saturated rings. The van der Waals surface area contributed by atoms with Crippen LogP contribution < -0.4 is 5.32 Å². The van der Waals surface area contributed by atoms with E-state index in [9.17, 15) is 4.79 Å². The Balaban J connectivity index is 1.62. The first-order valence-electron chi connectivity index (χ1n) is 9.19. The van der Waals surface area contributed by atoms with E-state index in [2.05, 4.69) is 27.5 Å². The summed E-state index contributed by atoms with van der Waals surface area (Å²) in [7, 11) is 0. The molecule has 0 unspecified atom stereocenters. The molecule has 1 N–H and O–H groups in total. The zero-order valence-corrected chi connectivity index (χ0v) is 15.9. The van der Waals surface area contributed by atoms with E-state index in [-0.39, 0.29) is 5.91 Å². The molecular weight excluding hydrogens is 350 g/mol. The van der Waals surface area contributed by atoms with E-state index in [4.69, 9.17) is 4.98 Å². The molecule has 6 heteroatoms. The molecule has 1 amide bonds. The van der Waals surface area contributed by atoms with Gasteiger partial charge in [-0.05, 0) is 37.1 Å². The summed E-state index contributed by atoms with van der Waals surface area (Å²) < 4.78 is 1.75. The van der Waals surface area contributed by atoms with E-state index in [0.717, 1.165) is 29.1 Å². The molecule has 0 aliphatic carbocycles. The summed E-state index contributed by atoms with van der Waals surface area (Å²) >= 11 is 0. The van der Waals surface area contributed by atoms with Gasteiger partial charge in [-0.2, -0.15) is 5.10 Å². The molecular formula is C22H21N5O. The first-order valence-corrected chi connectivity index (χ1v) is 9.19. The van der Waals surface area contributed by atoms with Crippen LogP contribution >= 0.6 is 0 Å². The van der Waals surface area contributed by atoms with Crippen LogP contribution in [0.2, 0.25) is 0 Å². The van der Waals surface area contributed by atoms with Crippen molar-refractivity contribution in [2.24, 2.45) is 0 Å². The van der Waals surface area contributed by atoms with Crippen LogP contribution in [0.1, 0.15) is 38.6 Å². The van der Waals surface area contributed by atoms with Crippen LogP contribution in [-0.4, -0.2) is 25.5 Å². The number of hydrogen-bond acceptors (Lipinski definition) is 4. The maximum absolute atomic E-state index is 12.7. The molecule has 4 aromatic rings. The predicted molar refractivity (Wildman–Crippen MR) is 107 cm³/mol. The molecule has 0 saturated heterocycles. The van der Waals surface area contributed by atoms with Gasteiger partial charge < -0.3 is 5.32 Å². The molecule has 28 heavy (non-hydrogen) atoms. The molecule has 0 saturated carbocycles. The number of pyridine rings is 1. The first kappa shape index (κ1) is 17.9. The van der Waals surface area contributed by atoms with Gasteiger partial charge in [-0.1, -0.05) is 36.4 Å². The van der Waals surface area contributed by atoms with Gasteiger partial charge in [0.1, 0.15) is 5.56 Å². The Bertz CT molecular complexity index is 1120. The van der Waals surface area contributed by atoms with Crippen LogP contribution in [0.25, 0.3) is 5.65 Å². The molecule has 0 aliphatic rings. The fourth-order valence-corrected chi connectivity index (χ4v) is 3.30. The van der Waals surface area contributed by atoms with Crippen LogP contribution in [0.15, 0.2) is 60.9 Å². The van der Waals surface area contributed by atoms with Crippen molar-refractivity contribution in [1.82, 2.24) is 24.9 Å². The lowest BCUT2D eigenvalue weighted by atomic mass is 10.0. The van der Waals surface area contributed by atoms with Gasteiger partial charge in [-0.25, -0.2) is 9.50 Å². The second-order valence-electron chi connectivity index (χ2n) is 6.72. The molecule has 3 aromatic heterocycles. The SMILES string of the molecule is Cc1nc2c(C(=O)NCc3ccccn3)cnn2c(C)c1Cc1ccccc1. The summed E-state index contributed by atoms with van der Waals surface area (Å²) in [5, 5.41) is 7.31. The number of nitrogens with one attached hydrogen (secondary N) is 1. The monoisotopic (exact) mass is 371 g/mol. The van der Waals surface area contributed by atoms with Gasteiger partial charge in [-0.15, -0.1) is 0 Å². The second-order valence-corrected chi connectivity index (χ2v) is 6.72. The normalized spacial score (nSPS) is 10.9. The van der Waals surface area contributed by atoms with Crippen molar-refractivity contribution >= 4 is 11.6 Å². The minimum atomic E-state index is -0.206. The average Bonchev–Trinajstić information content (AvgIpc) is 3.15. The van der Waals surface area contributed by atoms with E-state index in [1.807, 2.05) is 50.2 Å². The zero-order chi connectivity index (χ0) is 19.5. The summed E-state index contributed by atoms with van der Waals surface area (Å²) in [6.45, 7) is 4.36. The number of hydrogen-bond donors (Lipinski definition) is 1. The van der Waals surface area contributed by atoms with Gasteiger partial charge in [0.15, 0.2) is 5.65 Å². The highest BCUT2D eigenvalue weighted by atomic mass is 16.1. The van der Waals surface area contributed by atoms with E-state index in [1.165, 1.54) is 5.56 Å². The van der Waals surface area contributed by atoms with Gasteiger partial charge in [-0.3, -0.25) is 9.78 Å². The Morgan fingerprint density at radius 2 is 1.86 bits per heavy atom. The third-order valence-electron chi connectivity index (χ3n) is 4.83. The number of carbonyl (C=O) groups excluding carboxylic acids is 1. The fourth-order valence-electron chi connectivity index (χ4n) is 3.30. The van der Waals surface area contributed by atoms with Crippen LogP contribution in [0.4, 0.5) is 0 Å². The third kappa shape index (κ3) is 3.49. The smallest absolute Gasteiger partial charge is 0.257 e. The molecule has 1 aromatic carbocycles. The summed E-state index contributed by atoms with van der Waals surface area (Å²) in [5.41, 5.74) is 6.09. The zero-order valence-electron chi connectivity index (χ0n) is 15.9. The minimum Gasteiger partial charge on any atom is -0.346 e. The van der Waals surface area contributed by atoms with Crippen LogP contribution in [0.3, 0.4) is 0 Å². The van der Waals surface area contributed by atoms with Crippen molar-refractivity contribution in [3.8, 4) is 0 Å². The van der Waals surface area contributed by atoms with E-state index < -0.39 is 0 Å². The first-order chi connectivity index (χ1) is 13.6. The quantitative estimate of drug-likeness (QED) is 0.584. The van der Waals surface area contributed by atoms with Crippen LogP contribution in [-0.2, 0) is 13.0 Å². The lowest BCUT2D eigenvalue weighted by Gasteiger charge is -2.12. The highest BCUT2D eigenvalue weighted by molar-refractivity contribution is 5.99. The number of aromatic nitrogens is 4. The van der Waals surface area contributed by atoms with Gasteiger partial charge >= 0.3 is 0 Å². The summed E-state index contributed by atoms with van der Waals surface area (Å²) in [6, 6.07) is 15.9. The number of amides is 1. The molecule has 6 nitrogen and oxygen atoms in total. The summed E-state index contributed by atoms with van der Waals surface area (Å²) in [4.78, 5) is 21.6. The Morgan fingerprint density at radius 1 is 1.07 bits per heavy atom. The maximum Gasteiger partial charge on any atom is 0.257 e. The standard InChI is InChI=1S/C22H21N5O/c1-15-19(12-17-8-4-3-5-9-17)16(2)27-21(26-15)20(14-25-27)22(28)24-13-18-10-6-7-11-23-18/h3-11,14H,12-13H2,1-2H3,(H,24,28). The van der Waals surface area contributed by atoms with E-state index in [0.29, 0.717) is 17.8 Å². The predicted octanol–water partition coefficient (Wildman–Crippen LogP) is 3.26. The number of nitrogens with zero attached hydrogens (tertiary/aromatic N) is 4. The van der Waals surface area contributed by atoms with E-state index in [1.54, 1.807) is 16.9 Å². The largest absolute Gasteiger partial charge is 0.346 e. The highest BCUT2D eigenvalue weighted by Gasteiger charge is 2.18. The van der Waals surface area contributed by atoms with Crippen LogP contribution in [0.5, 0.6) is 0 Å². The van der Waals surface area contributed by atoms with Crippen molar-refractivity contribution in [2.45, 2.75) is 26.8 Å². The maximum atomic E-state index is 12.7. The van der Waals surface area contributed by atoms with Crippen molar-refractivity contribution in [3.63, 3.8) is 0 Å². The van der Waals surface area contributed by atoms with Crippen molar-refractivity contribution in [3.05, 3.63) is 94.7 Å². The van der Waals surface area contributed by atoms with Gasteiger partial charge in [0, 0.05) is 24.0 Å². The Labute approximate surface area is 163 Å². The summed E-state index contributed by atoms with van der Waals surface area (Å²) in [6.07, 6.45) is 4.07. The van der Waals surface area contributed by atoms with Crippen LogP contribution in [0, 0.1) is 13.8 Å². The van der Waals surface area contributed by atoms with Gasteiger partial charge in [0.25, 0.3) is 5.91 Å². The molecule has 4 rings (SSSR count). The van der Waals surface area contributed by atoms with Crippen molar-refractivity contribution < 1.29 is 4.79 Å². The minimum absolute atomic E-state index is 0.206. The highest BCUT2D eigenvalue weighted by Crippen LogP contribution is 2.20. The number of benzene rings is 1. The Morgan fingerprint density at radius 3 is 2.61 bits per heavy atom. The molecule has 0 bridgehead atoms. The third-order valence-corrected chi connectivity index (χ3v) is 4.83. The molecule has 0 atom stereocenters. The number of carbonyl (C=O) groups is 1.